The Morgan fingerprint density at radius 3 is 2.82 bits per heavy atom. The minimum atomic E-state index is -0.508. The zero-order chi connectivity index (χ0) is 8.27. The maximum absolute atomic E-state index is 12.9. The molecule has 0 amide bonds. The topological polar surface area (TPSA) is 0 Å². The molecular weight excluding hydrogens is 146 g/mol. The molecule has 1 aliphatic carbocycles. The molecule has 0 aromatic carbocycles. The van der Waals surface area contributed by atoms with Gasteiger partial charge in [0.2, 0.25) is 0 Å². The van der Waals surface area contributed by atoms with Gasteiger partial charge in [-0.25, -0.2) is 8.78 Å². The summed E-state index contributed by atoms with van der Waals surface area (Å²) in [7, 11) is 0. The molecule has 60 valence electrons. The van der Waals surface area contributed by atoms with E-state index in [9.17, 15) is 8.78 Å². The first-order valence-electron chi connectivity index (χ1n) is 3.65. The van der Waals surface area contributed by atoms with Crippen molar-refractivity contribution in [1.29, 1.82) is 0 Å². The summed E-state index contributed by atoms with van der Waals surface area (Å²) < 4.78 is 25.4. The van der Waals surface area contributed by atoms with Gasteiger partial charge < -0.3 is 0 Å². The van der Waals surface area contributed by atoms with Crippen molar-refractivity contribution in [2.45, 2.75) is 19.8 Å². The highest BCUT2D eigenvalue weighted by atomic mass is 19.1. The first kappa shape index (κ1) is 8.18. The third-order valence-corrected chi connectivity index (χ3v) is 1.67. The number of halogens is 2. The van der Waals surface area contributed by atoms with Crippen molar-refractivity contribution in [2.75, 3.05) is 0 Å². The second-order valence-electron chi connectivity index (χ2n) is 2.44. The van der Waals surface area contributed by atoms with E-state index >= 15 is 0 Å². The molecule has 0 atom stereocenters. The molecular formula is C9H10F2. The highest BCUT2D eigenvalue weighted by molar-refractivity contribution is 5.30. The van der Waals surface area contributed by atoms with Gasteiger partial charge >= 0.3 is 0 Å². The van der Waals surface area contributed by atoms with E-state index in [0.29, 0.717) is 18.4 Å². The quantitative estimate of drug-likeness (QED) is 0.545. The molecule has 0 radical (unpaired) electrons. The molecule has 0 saturated heterocycles. The summed E-state index contributed by atoms with van der Waals surface area (Å²) in [5.74, 6) is -0.930. The van der Waals surface area contributed by atoms with E-state index in [1.165, 1.54) is 6.08 Å². The first-order chi connectivity index (χ1) is 5.24. The molecule has 0 aliphatic heterocycles. The monoisotopic (exact) mass is 156 g/mol. The smallest absolute Gasteiger partial charge is 0.125 e. The van der Waals surface area contributed by atoms with Gasteiger partial charge in [0.25, 0.3) is 0 Å². The summed E-state index contributed by atoms with van der Waals surface area (Å²) in [4.78, 5) is 0. The highest BCUT2D eigenvalue weighted by Gasteiger charge is 2.04. The lowest BCUT2D eigenvalue weighted by molar-refractivity contribution is 0.622. The lowest BCUT2D eigenvalue weighted by Gasteiger charge is -1.97. The third-order valence-electron chi connectivity index (χ3n) is 1.67. The molecule has 0 N–H and O–H groups in total. The molecule has 0 bridgehead atoms. The lowest BCUT2D eigenvalue weighted by atomic mass is 10.1. The van der Waals surface area contributed by atoms with Crippen LogP contribution in [0, 0.1) is 0 Å². The predicted molar refractivity (Wildman–Crippen MR) is 41.4 cm³/mol. The number of allylic oxidation sites excluding steroid dienone is 6. The maximum Gasteiger partial charge on any atom is 0.125 e. The molecule has 0 fully saturated rings. The van der Waals surface area contributed by atoms with Crippen LogP contribution in [-0.2, 0) is 0 Å². The van der Waals surface area contributed by atoms with Crippen LogP contribution in [0.2, 0.25) is 0 Å². The maximum atomic E-state index is 12.9. The van der Waals surface area contributed by atoms with Crippen molar-refractivity contribution >= 4 is 0 Å². The van der Waals surface area contributed by atoms with E-state index in [0.717, 1.165) is 6.08 Å². The molecule has 0 aromatic rings. The van der Waals surface area contributed by atoms with Gasteiger partial charge in [-0.15, -0.1) is 0 Å². The molecule has 0 aromatic heterocycles. The van der Waals surface area contributed by atoms with E-state index in [2.05, 4.69) is 0 Å². The van der Waals surface area contributed by atoms with Crippen molar-refractivity contribution in [1.82, 2.24) is 0 Å². The minimum Gasteiger partial charge on any atom is -0.207 e. The Hall–Kier alpha value is -0.920. The van der Waals surface area contributed by atoms with Crippen LogP contribution in [0.5, 0.6) is 0 Å². The average Bonchev–Trinajstić information content (AvgIpc) is 2.11. The second-order valence-corrected chi connectivity index (χ2v) is 2.44. The van der Waals surface area contributed by atoms with E-state index in [1.807, 2.05) is 6.92 Å². The van der Waals surface area contributed by atoms with E-state index < -0.39 is 11.7 Å². The summed E-state index contributed by atoms with van der Waals surface area (Å²) in [5.41, 5.74) is 0.661. The molecule has 0 saturated carbocycles. The Bertz CT molecular complexity index is 234. The fourth-order valence-electron chi connectivity index (χ4n) is 0.996. The van der Waals surface area contributed by atoms with Gasteiger partial charge in [0.05, 0.1) is 0 Å². The summed E-state index contributed by atoms with van der Waals surface area (Å²) in [6, 6.07) is 0. The molecule has 1 aliphatic rings. The van der Waals surface area contributed by atoms with Gasteiger partial charge in [0.1, 0.15) is 11.7 Å². The van der Waals surface area contributed by atoms with Crippen LogP contribution in [0.3, 0.4) is 0 Å². The molecule has 0 spiro atoms. The van der Waals surface area contributed by atoms with Crippen molar-refractivity contribution in [3.8, 4) is 0 Å². The summed E-state index contributed by atoms with van der Waals surface area (Å²) in [6.45, 7) is 1.86. The van der Waals surface area contributed by atoms with Crippen molar-refractivity contribution in [3.05, 3.63) is 35.5 Å². The molecule has 0 heterocycles. The first-order valence-corrected chi connectivity index (χ1v) is 3.65. The van der Waals surface area contributed by atoms with E-state index in [4.69, 9.17) is 0 Å². The molecule has 1 rings (SSSR count). The van der Waals surface area contributed by atoms with Gasteiger partial charge in [0.15, 0.2) is 0 Å². The summed E-state index contributed by atoms with van der Waals surface area (Å²) in [6.07, 6.45) is 5.02. The fraction of sp³-hybridized carbons (Fsp3) is 0.333. The number of hydrogen-bond acceptors (Lipinski definition) is 0. The Morgan fingerprint density at radius 2 is 2.18 bits per heavy atom. The van der Waals surface area contributed by atoms with Crippen LogP contribution in [0.25, 0.3) is 0 Å². The van der Waals surface area contributed by atoms with Crippen LogP contribution in [0.4, 0.5) is 8.78 Å². The third kappa shape index (κ3) is 2.00. The Labute approximate surface area is 64.9 Å². The zero-order valence-electron chi connectivity index (χ0n) is 6.40. The van der Waals surface area contributed by atoms with Gasteiger partial charge in [-0.2, -0.15) is 0 Å². The number of hydrogen-bond donors (Lipinski definition) is 0. The molecule has 2 heteroatoms. The zero-order valence-corrected chi connectivity index (χ0v) is 6.40. The van der Waals surface area contributed by atoms with Crippen LogP contribution in [0.1, 0.15) is 19.8 Å². The van der Waals surface area contributed by atoms with Crippen molar-refractivity contribution in [3.63, 3.8) is 0 Å². The van der Waals surface area contributed by atoms with Crippen LogP contribution < -0.4 is 0 Å². The largest absolute Gasteiger partial charge is 0.207 e. The van der Waals surface area contributed by atoms with E-state index in [-0.39, 0.29) is 0 Å². The molecule has 0 nitrogen and oxygen atoms in total. The minimum absolute atomic E-state index is 0.421. The van der Waals surface area contributed by atoms with Crippen LogP contribution in [0.15, 0.2) is 35.5 Å². The SMILES string of the molecule is CCC1=C(F)C=C(F)C=CC1. The summed E-state index contributed by atoms with van der Waals surface area (Å²) >= 11 is 0. The van der Waals surface area contributed by atoms with Crippen molar-refractivity contribution < 1.29 is 8.78 Å². The second kappa shape index (κ2) is 3.46. The molecule has 0 unspecified atom stereocenters. The normalized spacial score (nSPS) is 18.3. The fourth-order valence-corrected chi connectivity index (χ4v) is 0.996. The van der Waals surface area contributed by atoms with Crippen molar-refractivity contribution in [2.24, 2.45) is 0 Å². The van der Waals surface area contributed by atoms with Gasteiger partial charge in [0, 0.05) is 6.08 Å². The van der Waals surface area contributed by atoms with Crippen LogP contribution >= 0.6 is 0 Å². The average molecular weight is 156 g/mol. The Morgan fingerprint density at radius 1 is 1.45 bits per heavy atom. The molecule has 11 heavy (non-hydrogen) atoms. The van der Waals surface area contributed by atoms with Gasteiger partial charge in [-0.3, -0.25) is 0 Å². The summed E-state index contributed by atoms with van der Waals surface area (Å²) in [5, 5.41) is 0. The van der Waals surface area contributed by atoms with Gasteiger partial charge in [-0.1, -0.05) is 13.0 Å². The Balaban J connectivity index is 2.93. The van der Waals surface area contributed by atoms with E-state index in [1.54, 1.807) is 6.08 Å². The highest BCUT2D eigenvalue weighted by Crippen LogP contribution is 2.21. The van der Waals surface area contributed by atoms with Crippen LogP contribution in [-0.4, -0.2) is 0 Å². The standard InChI is InChI=1S/C9H10F2/c1-2-7-4-3-5-8(10)6-9(7)11/h3,5-6H,2,4H2,1H3. The lowest BCUT2D eigenvalue weighted by Crippen LogP contribution is -1.80. The predicted octanol–water partition coefficient (Wildman–Crippen LogP) is 3.43. The number of rotatable bonds is 1. The van der Waals surface area contributed by atoms with Gasteiger partial charge in [-0.05, 0) is 24.5 Å². The Kier molecular flexibility index (Phi) is 2.58.